The zero-order chi connectivity index (χ0) is 5.54. The second-order valence-corrected chi connectivity index (χ2v) is 3.33. The zero-order valence-corrected chi connectivity index (χ0v) is 6.07. The van der Waals surface area contributed by atoms with Crippen molar-refractivity contribution >= 4 is 0 Å². The summed E-state index contributed by atoms with van der Waals surface area (Å²) >= 11 is 0.536. The van der Waals surface area contributed by atoms with Crippen molar-refractivity contribution in [3.05, 3.63) is 25.3 Å². The Morgan fingerprint density at radius 1 is 1.14 bits per heavy atom. The van der Waals surface area contributed by atoms with E-state index in [4.69, 9.17) is 0 Å². The van der Waals surface area contributed by atoms with E-state index in [0.29, 0.717) is 17.1 Å². The van der Waals surface area contributed by atoms with Crippen molar-refractivity contribution in [2.24, 2.45) is 0 Å². The van der Waals surface area contributed by atoms with Crippen molar-refractivity contribution in [2.75, 3.05) is 0 Å². The maximum absolute atomic E-state index is 3.62. The van der Waals surface area contributed by atoms with E-state index in [0.717, 1.165) is 0 Å². The Hall–Kier alpha value is 0.103. The van der Waals surface area contributed by atoms with Crippen LogP contribution in [0.5, 0.6) is 0 Å². The van der Waals surface area contributed by atoms with Gasteiger partial charge in [-0.2, -0.15) is 0 Å². The summed E-state index contributed by atoms with van der Waals surface area (Å²) in [6, 6.07) is 0. The molecule has 0 saturated carbocycles. The van der Waals surface area contributed by atoms with Crippen molar-refractivity contribution in [2.45, 2.75) is 10.0 Å². The van der Waals surface area contributed by atoms with Gasteiger partial charge in [-0.25, -0.2) is 0 Å². The molecule has 42 valence electrons. The molecule has 0 aromatic rings. The van der Waals surface area contributed by atoms with E-state index in [-0.39, 0.29) is 0 Å². The van der Waals surface area contributed by atoms with Gasteiger partial charge in [0.2, 0.25) is 0 Å². The fourth-order valence-corrected chi connectivity index (χ4v) is 1.20. The van der Waals surface area contributed by atoms with Crippen LogP contribution >= 0.6 is 0 Å². The van der Waals surface area contributed by atoms with Crippen LogP contribution in [0, 0.1) is 0 Å². The minimum absolute atomic E-state index is 0.536. The van der Waals surface area contributed by atoms with Crippen molar-refractivity contribution in [3.63, 3.8) is 0 Å². The summed E-state index contributed by atoms with van der Waals surface area (Å²) in [5.41, 5.74) is 0. The van der Waals surface area contributed by atoms with Crippen LogP contribution in [0.15, 0.2) is 25.3 Å². The van der Waals surface area contributed by atoms with Crippen LogP contribution < -0.4 is 0 Å². The fourth-order valence-electron chi connectivity index (χ4n) is 0.203. The van der Waals surface area contributed by atoms with Crippen LogP contribution in [-0.4, -0.2) is 0 Å². The Morgan fingerprint density at radius 2 is 1.57 bits per heavy atom. The summed E-state index contributed by atoms with van der Waals surface area (Å²) in [4.78, 5) is 0. The third-order valence-electron chi connectivity index (χ3n) is 0.408. The Bertz CT molecular complexity index is 49.2. The molecule has 1 heteroatoms. The van der Waals surface area contributed by atoms with Crippen molar-refractivity contribution in [3.8, 4) is 0 Å². The Kier molecular flexibility index (Phi) is 6.19. The molecule has 0 aliphatic carbocycles. The van der Waals surface area contributed by atoms with E-state index in [1.54, 1.807) is 0 Å². The predicted molar refractivity (Wildman–Crippen MR) is 30.0 cm³/mol. The van der Waals surface area contributed by atoms with E-state index in [2.05, 4.69) is 13.2 Å². The molecule has 0 spiro atoms. The van der Waals surface area contributed by atoms with E-state index < -0.39 is 0 Å². The van der Waals surface area contributed by atoms with E-state index in [1.807, 2.05) is 12.2 Å². The summed E-state index contributed by atoms with van der Waals surface area (Å²) in [5.74, 6) is 0. The predicted octanol–water partition coefficient (Wildman–Crippen LogP) is 2.28. The van der Waals surface area contributed by atoms with Crippen LogP contribution in [0.25, 0.3) is 0 Å². The number of hydrogen-bond donors (Lipinski definition) is 0. The first-order valence-corrected chi connectivity index (χ1v) is 4.59. The zero-order valence-electron chi connectivity index (χ0n) is 4.34. The molecule has 0 unspecified atom stereocenters. The Labute approximate surface area is 52.9 Å². The molecule has 0 atom stereocenters. The van der Waals surface area contributed by atoms with Crippen molar-refractivity contribution in [1.29, 1.82) is 0 Å². The van der Waals surface area contributed by atoms with Crippen LogP contribution in [0.1, 0.15) is 0 Å². The van der Waals surface area contributed by atoms with Crippen LogP contribution in [-0.2, 0) is 17.1 Å². The molecule has 0 saturated heterocycles. The molecule has 0 heterocycles. The number of rotatable bonds is 4. The minimum atomic E-state index is 0.536. The topological polar surface area (TPSA) is 0 Å². The molecule has 0 bridgehead atoms. The second kappa shape index (κ2) is 6.10. The molecule has 0 nitrogen and oxygen atoms in total. The SMILES string of the molecule is C=C[CH2][Ru][CH2]C=C. The molecule has 0 radical (unpaired) electrons. The Balaban J connectivity index is 2.68. The molecule has 0 aromatic heterocycles. The average molecular weight is 183 g/mol. The first kappa shape index (κ1) is 7.10. The average Bonchev–Trinajstić information content (AvgIpc) is 1.69. The molecule has 0 aliphatic rings. The van der Waals surface area contributed by atoms with Gasteiger partial charge in [-0.05, 0) is 0 Å². The van der Waals surface area contributed by atoms with Gasteiger partial charge in [0.05, 0.1) is 0 Å². The molecular formula is C6H10Ru. The molecule has 0 N–H and O–H groups in total. The van der Waals surface area contributed by atoms with Gasteiger partial charge in [-0.3, -0.25) is 0 Å². The molecule has 0 fully saturated rings. The van der Waals surface area contributed by atoms with Gasteiger partial charge < -0.3 is 0 Å². The normalized spacial score (nSPS) is 8.57. The second-order valence-electron chi connectivity index (χ2n) is 1.04. The van der Waals surface area contributed by atoms with E-state index >= 15 is 0 Å². The Morgan fingerprint density at radius 3 is 1.86 bits per heavy atom. The number of hydrogen-bond acceptors (Lipinski definition) is 0. The van der Waals surface area contributed by atoms with Gasteiger partial charge in [0.25, 0.3) is 0 Å². The summed E-state index contributed by atoms with van der Waals surface area (Å²) in [6.45, 7) is 7.24. The van der Waals surface area contributed by atoms with Gasteiger partial charge in [0.1, 0.15) is 0 Å². The van der Waals surface area contributed by atoms with E-state index in [9.17, 15) is 0 Å². The van der Waals surface area contributed by atoms with Crippen molar-refractivity contribution < 1.29 is 17.1 Å². The molecule has 0 aromatic carbocycles. The summed E-state index contributed by atoms with van der Waals surface area (Å²) in [7, 11) is 0. The maximum atomic E-state index is 3.62. The third-order valence-corrected chi connectivity index (χ3v) is 2.42. The third kappa shape index (κ3) is 6.10. The van der Waals surface area contributed by atoms with Crippen molar-refractivity contribution in [1.82, 2.24) is 0 Å². The van der Waals surface area contributed by atoms with Gasteiger partial charge in [-0.15, -0.1) is 0 Å². The fraction of sp³-hybridized carbons (Fsp3) is 0.333. The first-order valence-electron chi connectivity index (χ1n) is 2.13. The quantitative estimate of drug-likeness (QED) is 0.356. The van der Waals surface area contributed by atoms with Crippen LogP contribution in [0.2, 0.25) is 10.0 Å². The van der Waals surface area contributed by atoms with Gasteiger partial charge in [0.15, 0.2) is 0 Å². The first-order chi connectivity index (χ1) is 3.41. The molecule has 0 aliphatic heterocycles. The van der Waals surface area contributed by atoms with Crippen LogP contribution in [0.4, 0.5) is 0 Å². The monoisotopic (exact) mass is 184 g/mol. The summed E-state index contributed by atoms with van der Waals surface area (Å²) in [5, 5.41) is 2.41. The van der Waals surface area contributed by atoms with Gasteiger partial charge >= 0.3 is 52.5 Å². The summed E-state index contributed by atoms with van der Waals surface area (Å²) < 4.78 is 0. The number of allylic oxidation sites excluding steroid dienone is 2. The summed E-state index contributed by atoms with van der Waals surface area (Å²) in [6.07, 6.45) is 3.95. The van der Waals surface area contributed by atoms with Crippen LogP contribution in [0.3, 0.4) is 0 Å². The molecular weight excluding hydrogens is 173 g/mol. The van der Waals surface area contributed by atoms with Gasteiger partial charge in [0, 0.05) is 0 Å². The standard InChI is InChI=1S/2C3H5.Ru/c2*1-3-2;/h2*3H,1-2H2;. The molecule has 7 heavy (non-hydrogen) atoms. The van der Waals surface area contributed by atoms with Gasteiger partial charge in [-0.1, -0.05) is 0 Å². The van der Waals surface area contributed by atoms with E-state index in [1.165, 1.54) is 10.0 Å². The molecule has 0 amide bonds. The molecule has 0 rings (SSSR count).